The molecule has 0 saturated heterocycles. The first-order valence-corrected chi connectivity index (χ1v) is 11.8. The molecule has 0 unspecified atom stereocenters. The van der Waals surface area contributed by atoms with E-state index in [1.165, 1.54) is 24.0 Å². The fourth-order valence-corrected chi connectivity index (χ4v) is 4.27. The van der Waals surface area contributed by atoms with Gasteiger partial charge in [-0.2, -0.15) is 0 Å². The van der Waals surface area contributed by atoms with Crippen molar-refractivity contribution < 1.29 is 18.7 Å². The van der Waals surface area contributed by atoms with Crippen LogP contribution in [0.4, 0.5) is 9.52 Å². The molecule has 0 saturated carbocycles. The van der Waals surface area contributed by atoms with Gasteiger partial charge in [0.15, 0.2) is 16.0 Å². The van der Waals surface area contributed by atoms with Crippen molar-refractivity contribution in [3.8, 4) is 0 Å². The van der Waals surface area contributed by atoms with Gasteiger partial charge in [0.2, 0.25) is 0 Å². The standard InChI is InChI=1S/C21H20ClFN4O3S2/c1-11(2)9-30-19(29)17-12(3)25-21(32-17)27-18(28)16-14(22)8-24-20(26-16)31-10-13-6-4-5-7-15(13)23/h4-8,11H,9-10H2,1-3H3,(H,25,27,28). The van der Waals surface area contributed by atoms with Crippen LogP contribution in [0.25, 0.3) is 0 Å². The van der Waals surface area contributed by atoms with Crippen LogP contribution in [-0.4, -0.2) is 33.4 Å². The van der Waals surface area contributed by atoms with Gasteiger partial charge in [-0.3, -0.25) is 10.1 Å². The van der Waals surface area contributed by atoms with E-state index in [2.05, 4.69) is 20.3 Å². The van der Waals surface area contributed by atoms with Crippen LogP contribution < -0.4 is 5.32 Å². The average molecular weight is 495 g/mol. The number of rotatable bonds is 8. The highest BCUT2D eigenvalue weighted by Crippen LogP contribution is 2.26. The Hall–Kier alpha value is -2.56. The molecule has 0 aliphatic carbocycles. The van der Waals surface area contributed by atoms with Gasteiger partial charge in [0.25, 0.3) is 5.91 Å². The normalized spacial score (nSPS) is 10.9. The molecule has 0 atom stereocenters. The number of hydrogen-bond donors (Lipinski definition) is 1. The first kappa shape index (κ1) is 24.1. The first-order valence-electron chi connectivity index (χ1n) is 9.59. The third kappa shape index (κ3) is 6.24. The lowest BCUT2D eigenvalue weighted by molar-refractivity contribution is 0.0463. The molecular formula is C21H20ClFN4O3S2. The Morgan fingerprint density at radius 2 is 2.03 bits per heavy atom. The number of thioether (sulfide) groups is 1. The number of hydrogen-bond acceptors (Lipinski definition) is 8. The van der Waals surface area contributed by atoms with Crippen molar-refractivity contribution in [2.75, 3.05) is 11.9 Å². The molecule has 1 N–H and O–H groups in total. The molecule has 11 heteroatoms. The summed E-state index contributed by atoms with van der Waals surface area (Å²) in [6.45, 7) is 5.83. The summed E-state index contributed by atoms with van der Waals surface area (Å²) < 4.78 is 19.0. The second-order valence-corrected chi connectivity index (χ2v) is 9.46. The largest absolute Gasteiger partial charge is 0.461 e. The number of ether oxygens (including phenoxy) is 1. The number of amides is 1. The van der Waals surface area contributed by atoms with Gasteiger partial charge in [-0.05, 0) is 24.5 Å². The minimum Gasteiger partial charge on any atom is -0.461 e. The SMILES string of the molecule is Cc1nc(NC(=O)c2nc(SCc3ccccc3F)ncc2Cl)sc1C(=O)OCC(C)C. The van der Waals surface area contributed by atoms with Gasteiger partial charge in [-0.25, -0.2) is 24.1 Å². The highest BCUT2D eigenvalue weighted by molar-refractivity contribution is 7.98. The molecular weight excluding hydrogens is 475 g/mol. The minimum absolute atomic E-state index is 0.0468. The summed E-state index contributed by atoms with van der Waals surface area (Å²) in [6.07, 6.45) is 1.31. The molecule has 0 bridgehead atoms. The van der Waals surface area contributed by atoms with E-state index in [9.17, 15) is 14.0 Å². The maximum atomic E-state index is 13.8. The third-order valence-electron chi connectivity index (χ3n) is 4.00. The smallest absolute Gasteiger partial charge is 0.350 e. The molecule has 168 valence electrons. The predicted molar refractivity (Wildman–Crippen MR) is 123 cm³/mol. The van der Waals surface area contributed by atoms with Crippen LogP contribution >= 0.6 is 34.7 Å². The van der Waals surface area contributed by atoms with Crippen molar-refractivity contribution in [2.45, 2.75) is 31.7 Å². The van der Waals surface area contributed by atoms with Crippen molar-refractivity contribution in [3.63, 3.8) is 0 Å². The van der Waals surface area contributed by atoms with Gasteiger partial charge in [0.05, 0.1) is 23.5 Å². The molecule has 3 rings (SSSR count). The number of anilines is 1. The number of halogens is 2. The number of carbonyl (C=O) groups excluding carboxylic acids is 2. The van der Waals surface area contributed by atoms with Gasteiger partial charge in [-0.15, -0.1) is 0 Å². The zero-order chi connectivity index (χ0) is 23.3. The Labute approximate surface area is 197 Å². The van der Waals surface area contributed by atoms with Crippen molar-refractivity contribution >= 4 is 51.7 Å². The van der Waals surface area contributed by atoms with E-state index >= 15 is 0 Å². The zero-order valence-corrected chi connectivity index (χ0v) is 19.9. The van der Waals surface area contributed by atoms with E-state index in [4.69, 9.17) is 16.3 Å². The van der Waals surface area contributed by atoms with E-state index in [1.54, 1.807) is 25.1 Å². The van der Waals surface area contributed by atoms with E-state index in [0.717, 1.165) is 11.3 Å². The molecule has 0 fully saturated rings. The van der Waals surface area contributed by atoms with Gasteiger partial charge >= 0.3 is 5.97 Å². The van der Waals surface area contributed by atoms with Crippen LogP contribution in [0.15, 0.2) is 35.6 Å². The zero-order valence-electron chi connectivity index (χ0n) is 17.5. The number of thiazole rings is 1. The van der Waals surface area contributed by atoms with Crippen LogP contribution in [0.3, 0.4) is 0 Å². The summed E-state index contributed by atoms with van der Waals surface area (Å²) in [4.78, 5) is 37.8. The number of benzene rings is 1. The van der Waals surface area contributed by atoms with Crippen molar-refractivity contribution in [3.05, 3.63) is 63.1 Å². The second kappa shape index (κ2) is 10.8. The Bertz CT molecular complexity index is 1140. The third-order valence-corrected chi connectivity index (χ3v) is 6.24. The van der Waals surface area contributed by atoms with Gasteiger partial charge in [-0.1, -0.05) is 66.7 Å². The summed E-state index contributed by atoms with van der Waals surface area (Å²) in [5.74, 6) is -0.907. The number of nitrogens with zero attached hydrogens (tertiary/aromatic N) is 3. The molecule has 0 radical (unpaired) electrons. The van der Waals surface area contributed by atoms with E-state index in [0.29, 0.717) is 28.5 Å². The van der Waals surface area contributed by atoms with Crippen LogP contribution in [-0.2, 0) is 10.5 Å². The summed E-state index contributed by atoms with van der Waals surface area (Å²) in [7, 11) is 0. The fourth-order valence-electron chi connectivity index (χ4n) is 2.44. The molecule has 0 spiro atoms. The maximum absolute atomic E-state index is 13.8. The molecule has 2 heterocycles. The van der Waals surface area contributed by atoms with Gasteiger partial charge in [0.1, 0.15) is 10.7 Å². The minimum atomic E-state index is -0.596. The predicted octanol–water partition coefficient (Wildman–Crippen LogP) is 5.39. The quantitative estimate of drug-likeness (QED) is 0.255. The molecule has 32 heavy (non-hydrogen) atoms. The van der Waals surface area contributed by atoms with E-state index < -0.39 is 11.9 Å². The topological polar surface area (TPSA) is 94.1 Å². The number of carbonyl (C=O) groups is 2. The van der Waals surface area contributed by atoms with Gasteiger partial charge in [0, 0.05) is 5.75 Å². The van der Waals surface area contributed by atoms with Crippen LogP contribution in [0, 0.1) is 18.7 Å². The van der Waals surface area contributed by atoms with E-state index in [1.807, 2.05) is 13.8 Å². The van der Waals surface area contributed by atoms with Crippen molar-refractivity contribution in [2.24, 2.45) is 5.92 Å². The molecule has 3 aromatic rings. The number of esters is 1. The summed E-state index contributed by atoms with van der Waals surface area (Å²) in [5, 5.41) is 3.16. The first-order chi connectivity index (χ1) is 15.2. The van der Waals surface area contributed by atoms with Crippen molar-refractivity contribution in [1.29, 1.82) is 0 Å². The van der Waals surface area contributed by atoms with Crippen molar-refractivity contribution in [1.82, 2.24) is 15.0 Å². The molecule has 7 nitrogen and oxygen atoms in total. The van der Waals surface area contributed by atoms with Crippen LogP contribution in [0.5, 0.6) is 0 Å². The highest BCUT2D eigenvalue weighted by Gasteiger charge is 2.21. The molecule has 0 aliphatic heterocycles. The molecule has 1 amide bonds. The lowest BCUT2D eigenvalue weighted by Gasteiger charge is -2.06. The fraction of sp³-hybridized carbons (Fsp3) is 0.286. The van der Waals surface area contributed by atoms with E-state index in [-0.39, 0.29) is 32.7 Å². The van der Waals surface area contributed by atoms with Crippen LogP contribution in [0.1, 0.15) is 45.3 Å². The number of nitrogens with one attached hydrogen (secondary N) is 1. The Morgan fingerprint density at radius 1 is 1.28 bits per heavy atom. The summed E-state index contributed by atoms with van der Waals surface area (Å²) in [5.41, 5.74) is 0.903. The maximum Gasteiger partial charge on any atom is 0.350 e. The van der Waals surface area contributed by atoms with Gasteiger partial charge < -0.3 is 4.74 Å². The highest BCUT2D eigenvalue weighted by atomic mass is 35.5. The van der Waals surface area contributed by atoms with Crippen LogP contribution in [0.2, 0.25) is 5.02 Å². The Morgan fingerprint density at radius 3 is 2.75 bits per heavy atom. The monoisotopic (exact) mass is 494 g/mol. The lowest BCUT2D eigenvalue weighted by Crippen LogP contribution is -2.15. The molecule has 2 aromatic heterocycles. The Balaban J connectivity index is 1.70. The number of aryl methyl sites for hydroxylation is 1. The molecule has 1 aromatic carbocycles. The lowest BCUT2D eigenvalue weighted by atomic mass is 10.2. The number of aromatic nitrogens is 3. The second-order valence-electron chi connectivity index (χ2n) is 7.11. The molecule has 0 aliphatic rings. The Kier molecular flexibility index (Phi) is 8.16. The summed E-state index contributed by atoms with van der Waals surface area (Å²) in [6, 6.07) is 6.39. The summed E-state index contributed by atoms with van der Waals surface area (Å²) >= 11 is 8.30. The average Bonchev–Trinajstić information content (AvgIpc) is 3.12.